The van der Waals surface area contributed by atoms with Crippen molar-refractivity contribution in [3.05, 3.63) is 17.6 Å². The van der Waals surface area contributed by atoms with E-state index in [1.165, 1.54) is 0 Å². The second kappa shape index (κ2) is 5.95. The van der Waals surface area contributed by atoms with Gasteiger partial charge in [-0.3, -0.25) is 4.79 Å². The summed E-state index contributed by atoms with van der Waals surface area (Å²) in [6.45, 7) is 5.76. The average Bonchev–Trinajstić information content (AvgIpc) is 2.87. The minimum Gasteiger partial charge on any atom is -0.309 e. The van der Waals surface area contributed by atoms with E-state index in [1.807, 2.05) is 20.8 Å². The molecule has 0 bridgehead atoms. The maximum atomic E-state index is 12.6. The van der Waals surface area contributed by atoms with Crippen LogP contribution in [0, 0.1) is 6.92 Å². The van der Waals surface area contributed by atoms with E-state index in [9.17, 15) is 13.2 Å². The summed E-state index contributed by atoms with van der Waals surface area (Å²) < 4.78 is 23.0. The zero-order valence-electron chi connectivity index (χ0n) is 13.5. The Balaban J connectivity index is 2.32. The van der Waals surface area contributed by atoms with Gasteiger partial charge >= 0.3 is 0 Å². The first-order chi connectivity index (χ1) is 10.2. The van der Waals surface area contributed by atoms with E-state index in [2.05, 4.69) is 15.3 Å². The highest BCUT2D eigenvalue weighted by atomic mass is 32.2. The third-order valence-corrected chi connectivity index (χ3v) is 6.18. The maximum Gasteiger partial charge on any atom is 0.246 e. The molecule has 1 aromatic heterocycles. The van der Waals surface area contributed by atoms with Crippen molar-refractivity contribution in [1.82, 2.24) is 9.97 Å². The summed E-state index contributed by atoms with van der Waals surface area (Å²) in [6, 6.07) is 1.66. The zero-order valence-corrected chi connectivity index (χ0v) is 14.3. The molecule has 0 spiro atoms. The number of aryl methyl sites for hydroxylation is 1. The second-order valence-electron chi connectivity index (χ2n) is 6.34. The quantitative estimate of drug-likeness (QED) is 0.916. The van der Waals surface area contributed by atoms with Crippen molar-refractivity contribution >= 4 is 21.6 Å². The monoisotopic (exact) mass is 325 g/mol. The van der Waals surface area contributed by atoms with E-state index in [-0.39, 0.29) is 5.92 Å². The van der Waals surface area contributed by atoms with Gasteiger partial charge in [-0.05, 0) is 19.8 Å². The molecule has 1 N–H and O–H groups in total. The Morgan fingerprint density at radius 2 is 1.86 bits per heavy atom. The minimum atomic E-state index is -3.48. The first kappa shape index (κ1) is 16.9. The van der Waals surface area contributed by atoms with Crippen molar-refractivity contribution in [2.24, 2.45) is 0 Å². The summed E-state index contributed by atoms with van der Waals surface area (Å²) in [5.41, 5.74) is 0.744. The van der Waals surface area contributed by atoms with E-state index >= 15 is 0 Å². The molecule has 2 rings (SSSR count). The van der Waals surface area contributed by atoms with Crippen LogP contribution in [-0.4, -0.2) is 35.3 Å². The molecule has 1 aromatic rings. The predicted octanol–water partition coefficient (Wildman–Crippen LogP) is 2.20. The van der Waals surface area contributed by atoms with Crippen molar-refractivity contribution in [2.45, 2.75) is 57.1 Å². The molecular weight excluding hydrogens is 302 g/mol. The maximum absolute atomic E-state index is 12.6. The van der Waals surface area contributed by atoms with Gasteiger partial charge in [-0.1, -0.05) is 26.7 Å². The summed E-state index contributed by atoms with van der Waals surface area (Å²) in [5.74, 6) is 0.664. The molecule has 1 heterocycles. The number of aromatic nitrogens is 2. The van der Waals surface area contributed by atoms with Gasteiger partial charge in [0.1, 0.15) is 11.6 Å². The standard InChI is InChI=1S/C15H23N3O3S/c1-10(2)13-16-11(3)9-12(17-13)18-14(19)15(22(4,20)21)7-5-6-8-15/h9-10H,5-8H2,1-4H3,(H,16,17,18,19). The van der Waals surface area contributed by atoms with E-state index < -0.39 is 20.5 Å². The Morgan fingerprint density at radius 1 is 1.27 bits per heavy atom. The lowest BCUT2D eigenvalue weighted by atomic mass is 10.1. The van der Waals surface area contributed by atoms with Crippen LogP contribution in [0.3, 0.4) is 0 Å². The molecule has 0 saturated heterocycles. The molecule has 0 atom stereocenters. The van der Waals surface area contributed by atoms with Gasteiger partial charge in [0.2, 0.25) is 5.91 Å². The summed E-state index contributed by atoms with van der Waals surface area (Å²) in [6.07, 6.45) is 3.39. The molecule has 1 aliphatic rings. The summed E-state index contributed by atoms with van der Waals surface area (Å²) in [7, 11) is -3.48. The van der Waals surface area contributed by atoms with Crippen LogP contribution in [0.15, 0.2) is 6.07 Å². The molecule has 122 valence electrons. The topological polar surface area (TPSA) is 89.0 Å². The molecule has 1 fully saturated rings. The van der Waals surface area contributed by atoms with Gasteiger partial charge in [0.05, 0.1) is 0 Å². The highest BCUT2D eigenvalue weighted by molar-refractivity contribution is 7.92. The molecular formula is C15H23N3O3S. The Kier molecular flexibility index (Phi) is 4.56. The van der Waals surface area contributed by atoms with Crippen molar-refractivity contribution in [3.63, 3.8) is 0 Å². The van der Waals surface area contributed by atoms with E-state index in [1.54, 1.807) is 6.07 Å². The van der Waals surface area contributed by atoms with Crippen LogP contribution in [0.1, 0.15) is 57.0 Å². The molecule has 0 aliphatic heterocycles. The van der Waals surface area contributed by atoms with Crippen LogP contribution in [0.4, 0.5) is 5.82 Å². The lowest BCUT2D eigenvalue weighted by molar-refractivity contribution is -0.118. The molecule has 7 heteroatoms. The zero-order chi connectivity index (χ0) is 16.5. The Bertz CT molecular complexity index is 677. The normalized spacial score (nSPS) is 17.7. The van der Waals surface area contributed by atoms with Crippen LogP contribution in [0.25, 0.3) is 0 Å². The number of carbonyl (C=O) groups is 1. The van der Waals surface area contributed by atoms with Gasteiger partial charge in [-0.15, -0.1) is 0 Å². The molecule has 1 amide bonds. The largest absolute Gasteiger partial charge is 0.309 e. The minimum absolute atomic E-state index is 0.130. The molecule has 22 heavy (non-hydrogen) atoms. The van der Waals surface area contributed by atoms with Crippen molar-refractivity contribution in [3.8, 4) is 0 Å². The van der Waals surface area contributed by atoms with Crippen LogP contribution < -0.4 is 5.32 Å². The van der Waals surface area contributed by atoms with E-state index in [4.69, 9.17) is 0 Å². The third kappa shape index (κ3) is 3.14. The Hall–Kier alpha value is -1.50. The number of carbonyl (C=O) groups excluding carboxylic acids is 1. The number of rotatable bonds is 4. The predicted molar refractivity (Wildman–Crippen MR) is 85.5 cm³/mol. The van der Waals surface area contributed by atoms with Crippen LogP contribution in [-0.2, 0) is 14.6 Å². The number of nitrogens with one attached hydrogen (secondary N) is 1. The van der Waals surface area contributed by atoms with Gasteiger partial charge in [-0.25, -0.2) is 18.4 Å². The van der Waals surface area contributed by atoms with Gasteiger partial charge < -0.3 is 5.32 Å². The fraction of sp³-hybridized carbons (Fsp3) is 0.667. The Labute approximate surface area is 131 Å². The molecule has 0 unspecified atom stereocenters. The van der Waals surface area contributed by atoms with Crippen molar-refractivity contribution < 1.29 is 13.2 Å². The Morgan fingerprint density at radius 3 is 2.36 bits per heavy atom. The summed E-state index contributed by atoms with van der Waals surface area (Å²) in [4.78, 5) is 21.3. The van der Waals surface area contributed by atoms with Gasteiger partial charge in [-0.2, -0.15) is 0 Å². The number of sulfone groups is 1. The van der Waals surface area contributed by atoms with Crippen LogP contribution in [0.2, 0.25) is 0 Å². The lowest BCUT2D eigenvalue weighted by Crippen LogP contribution is -2.47. The van der Waals surface area contributed by atoms with Gasteiger partial charge in [0.25, 0.3) is 0 Å². The van der Waals surface area contributed by atoms with Crippen molar-refractivity contribution in [1.29, 1.82) is 0 Å². The highest BCUT2D eigenvalue weighted by Crippen LogP contribution is 2.37. The highest BCUT2D eigenvalue weighted by Gasteiger charge is 2.50. The molecule has 0 radical (unpaired) electrons. The van der Waals surface area contributed by atoms with Crippen molar-refractivity contribution in [2.75, 3.05) is 11.6 Å². The second-order valence-corrected chi connectivity index (χ2v) is 8.66. The number of hydrogen-bond acceptors (Lipinski definition) is 5. The molecule has 1 saturated carbocycles. The number of hydrogen-bond donors (Lipinski definition) is 1. The molecule has 6 nitrogen and oxygen atoms in total. The fourth-order valence-electron chi connectivity index (χ4n) is 2.86. The van der Waals surface area contributed by atoms with Crippen LogP contribution >= 0.6 is 0 Å². The van der Waals surface area contributed by atoms with E-state index in [0.29, 0.717) is 24.5 Å². The number of anilines is 1. The lowest BCUT2D eigenvalue weighted by Gasteiger charge is -2.25. The van der Waals surface area contributed by atoms with E-state index in [0.717, 1.165) is 24.8 Å². The van der Waals surface area contributed by atoms with Gasteiger partial charge in [0.15, 0.2) is 14.6 Å². The number of nitrogens with zero attached hydrogens (tertiary/aromatic N) is 2. The average molecular weight is 325 g/mol. The molecule has 0 aromatic carbocycles. The summed E-state index contributed by atoms with van der Waals surface area (Å²) >= 11 is 0. The number of amides is 1. The first-order valence-electron chi connectivity index (χ1n) is 7.52. The molecule has 1 aliphatic carbocycles. The SMILES string of the molecule is Cc1cc(NC(=O)C2(S(C)(=O)=O)CCCC2)nc(C(C)C)n1. The fourth-order valence-corrected chi connectivity index (χ4v) is 4.27. The third-order valence-electron chi connectivity index (χ3n) is 4.16. The van der Waals surface area contributed by atoms with Gasteiger partial charge in [0, 0.05) is 23.9 Å². The first-order valence-corrected chi connectivity index (χ1v) is 9.41. The smallest absolute Gasteiger partial charge is 0.246 e. The van der Waals surface area contributed by atoms with Crippen LogP contribution in [0.5, 0.6) is 0 Å². The summed E-state index contributed by atoms with van der Waals surface area (Å²) in [5, 5.41) is 2.70.